The van der Waals surface area contributed by atoms with Crippen molar-refractivity contribution in [3.8, 4) is 0 Å². The third kappa shape index (κ3) is 5.46. The van der Waals surface area contributed by atoms with Crippen LogP contribution in [0.25, 0.3) is 0 Å². The number of nitrogens with one attached hydrogen (secondary N) is 1. The second kappa shape index (κ2) is 10.1. The minimum absolute atomic E-state index is 0. The molecule has 21 heavy (non-hydrogen) atoms. The van der Waals surface area contributed by atoms with Crippen molar-refractivity contribution in [1.82, 2.24) is 10.2 Å². The number of benzene rings is 1. The molecule has 1 unspecified atom stereocenters. The molecule has 122 valence electrons. The van der Waals surface area contributed by atoms with Gasteiger partial charge in [-0.05, 0) is 23.6 Å². The monoisotopic (exact) mass is 372 g/mol. The van der Waals surface area contributed by atoms with Crippen LogP contribution in [0.3, 0.4) is 0 Å². The SMILES string of the molecule is CCC(C)[C@@H](c1ccc(Cl)cc1Cl)N1CCNCC1.Cl.Cl. The second-order valence-corrected chi connectivity index (χ2v) is 6.13. The molecule has 0 aliphatic carbocycles. The van der Waals surface area contributed by atoms with Gasteiger partial charge >= 0.3 is 0 Å². The smallest absolute Gasteiger partial charge is 0.0468 e. The fourth-order valence-corrected chi connectivity index (χ4v) is 3.31. The van der Waals surface area contributed by atoms with Gasteiger partial charge in [0.15, 0.2) is 0 Å². The van der Waals surface area contributed by atoms with E-state index < -0.39 is 0 Å². The summed E-state index contributed by atoms with van der Waals surface area (Å²) < 4.78 is 0. The highest BCUT2D eigenvalue weighted by Crippen LogP contribution is 2.36. The van der Waals surface area contributed by atoms with Gasteiger partial charge in [0.25, 0.3) is 0 Å². The summed E-state index contributed by atoms with van der Waals surface area (Å²) in [7, 11) is 0. The standard InChI is InChI=1S/C15H22Cl2N2.2ClH/c1-3-11(2)15(19-8-6-18-7-9-19)13-5-4-12(16)10-14(13)17;;/h4-5,10-11,15,18H,3,6-9H2,1-2H3;2*1H/t11?,15-;;/m0../s1. The van der Waals surface area contributed by atoms with Crippen LogP contribution < -0.4 is 5.32 Å². The van der Waals surface area contributed by atoms with Crippen LogP contribution in [0.4, 0.5) is 0 Å². The highest BCUT2D eigenvalue weighted by molar-refractivity contribution is 6.35. The molecule has 0 bridgehead atoms. The van der Waals surface area contributed by atoms with Crippen LogP contribution in [0.2, 0.25) is 10.0 Å². The van der Waals surface area contributed by atoms with Crippen LogP contribution in [0.15, 0.2) is 18.2 Å². The molecule has 1 saturated heterocycles. The van der Waals surface area contributed by atoms with E-state index in [9.17, 15) is 0 Å². The molecule has 2 nitrogen and oxygen atoms in total. The van der Waals surface area contributed by atoms with E-state index in [1.54, 1.807) is 0 Å². The molecule has 1 aliphatic rings. The zero-order chi connectivity index (χ0) is 13.8. The van der Waals surface area contributed by atoms with Gasteiger partial charge in [-0.1, -0.05) is 49.5 Å². The predicted molar refractivity (Wildman–Crippen MR) is 97.6 cm³/mol. The summed E-state index contributed by atoms with van der Waals surface area (Å²) in [5.41, 5.74) is 1.21. The van der Waals surface area contributed by atoms with Gasteiger partial charge in [0, 0.05) is 42.3 Å². The highest BCUT2D eigenvalue weighted by atomic mass is 35.5. The fraction of sp³-hybridized carbons (Fsp3) is 0.600. The summed E-state index contributed by atoms with van der Waals surface area (Å²) in [6.45, 7) is 8.81. The molecule has 1 aromatic rings. The van der Waals surface area contributed by atoms with Gasteiger partial charge in [-0.3, -0.25) is 4.90 Å². The highest BCUT2D eigenvalue weighted by Gasteiger charge is 2.27. The number of rotatable bonds is 4. The average Bonchev–Trinajstić information content (AvgIpc) is 2.42. The first-order valence-electron chi connectivity index (χ1n) is 7.03. The molecule has 1 fully saturated rings. The van der Waals surface area contributed by atoms with E-state index >= 15 is 0 Å². The predicted octanol–water partition coefficient (Wildman–Crippen LogP) is 4.83. The van der Waals surface area contributed by atoms with Crippen LogP contribution in [-0.2, 0) is 0 Å². The Balaban J connectivity index is 0.00000200. The lowest BCUT2D eigenvalue weighted by Crippen LogP contribution is -2.46. The van der Waals surface area contributed by atoms with Crippen molar-refractivity contribution in [2.24, 2.45) is 5.92 Å². The average molecular weight is 374 g/mol. The van der Waals surface area contributed by atoms with E-state index in [1.807, 2.05) is 12.1 Å². The Kier molecular flexibility index (Phi) is 10.3. The van der Waals surface area contributed by atoms with Crippen molar-refractivity contribution in [3.63, 3.8) is 0 Å². The quantitative estimate of drug-likeness (QED) is 0.812. The van der Waals surface area contributed by atoms with Gasteiger partial charge in [0.1, 0.15) is 0 Å². The van der Waals surface area contributed by atoms with Crippen LogP contribution in [0.5, 0.6) is 0 Å². The lowest BCUT2D eigenvalue weighted by molar-refractivity contribution is 0.128. The minimum atomic E-state index is 0. The maximum absolute atomic E-state index is 6.42. The van der Waals surface area contributed by atoms with Crippen LogP contribution in [0.1, 0.15) is 31.9 Å². The summed E-state index contributed by atoms with van der Waals surface area (Å²) in [6, 6.07) is 6.27. The third-order valence-electron chi connectivity index (χ3n) is 4.01. The minimum Gasteiger partial charge on any atom is -0.314 e. The topological polar surface area (TPSA) is 15.3 Å². The molecule has 0 spiro atoms. The molecule has 0 amide bonds. The van der Waals surface area contributed by atoms with Crippen molar-refractivity contribution in [3.05, 3.63) is 33.8 Å². The molecule has 2 atom stereocenters. The van der Waals surface area contributed by atoms with Crippen LogP contribution in [0, 0.1) is 5.92 Å². The van der Waals surface area contributed by atoms with Crippen molar-refractivity contribution in [2.75, 3.05) is 26.2 Å². The Morgan fingerprint density at radius 3 is 2.33 bits per heavy atom. The summed E-state index contributed by atoms with van der Waals surface area (Å²) in [4.78, 5) is 2.54. The second-order valence-electron chi connectivity index (χ2n) is 5.28. The molecule has 1 heterocycles. The molecule has 1 aliphatic heterocycles. The number of hydrogen-bond acceptors (Lipinski definition) is 2. The summed E-state index contributed by atoms with van der Waals surface area (Å²) in [5, 5.41) is 4.90. The Hall–Kier alpha value is 0.300. The normalized spacial score (nSPS) is 18.3. The molecule has 2 rings (SSSR count). The first kappa shape index (κ1) is 21.3. The maximum Gasteiger partial charge on any atom is 0.0468 e. The number of halogens is 4. The Morgan fingerprint density at radius 2 is 1.81 bits per heavy atom. The summed E-state index contributed by atoms with van der Waals surface area (Å²) >= 11 is 12.4. The Morgan fingerprint density at radius 1 is 1.19 bits per heavy atom. The molecule has 0 saturated carbocycles. The van der Waals surface area contributed by atoms with Gasteiger partial charge in [-0.25, -0.2) is 0 Å². The van der Waals surface area contributed by atoms with Gasteiger partial charge < -0.3 is 5.32 Å². The maximum atomic E-state index is 6.42. The molecule has 0 radical (unpaired) electrons. The zero-order valence-electron chi connectivity index (χ0n) is 12.4. The Labute approximate surface area is 150 Å². The molecule has 0 aromatic heterocycles. The molecular formula is C15H24Cl4N2. The van der Waals surface area contributed by atoms with Crippen molar-refractivity contribution in [2.45, 2.75) is 26.3 Å². The lowest BCUT2D eigenvalue weighted by atomic mass is 9.90. The summed E-state index contributed by atoms with van der Waals surface area (Å²) in [5.74, 6) is 0.580. The van der Waals surface area contributed by atoms with E-state index in [0.29, 0.717) is 17.0 Å². The van der Waals surface area contributed by atoms with E-state index in [0.717, 1.165) is 37.6 Å². The van der Waals surface area contributed by atoms with Gasteiger partial charge in [-0.15, -0.1) is 24.8 Å². The third-order valence-corrected chi connectivity index (χ3v) is 4.57. The first-order chi connectivity index (χ1) is 9.13. The van der Waals surface area contributed by atoms with E-state index in [2.05, 4.69) is 30.1 Å². The van der Waals surface area contributed by atoms with Crippen molar-refractivity contribution in [1.29, 1.82) is 0 Å². The van der Waals surface area contributed by atoms with Crippen LogP contribution in [-0.4, -0.2) is 31.1 Å². The molecule has 6 heteroatoms. The lowest BCUT2D eigenvalue weighted by Gasteiger charge is -2.38. The van der Waals surface area contributed by atoms with E-state index in [4.69, 9.17) is 23.2 Å². The molecular weight excluding hydrogens is 350 g/mol. The number of piperazine rings is 1. The van der Waals surface area contributed by atoms with E-state index in [1.165, 1.54) is 5.56 Å². The largest absolute Gasteiger partial charge is 0.314 e. The van der Waals surface area contributed by atoms with Crippen molar-refractivity contribution < 1.29 is 0 Å². The fourth-order valence-electron chi connectivity index (χ4n) is 2.79. The number of nitrogens with zero attached hydrogens (tertiary/aromatic N) is 1. The van der Waals surface area contributed by atoms with E-state index in [-0.39, 0.29) is 24.8 Å². The number of hydrogen-bond donors (Lipinski definition) is 1. The first-order valence-corrected chi connectivity index (χ1v) is 7.78. The van der Waals surface area contributed by atoms with Crippen molar-refractivity contribution >= 4 is 48.0 Å². The summed E-state index contributed by atoms with van der Waals surface area (Å²) in [6.07, 6.45) is 1.15. The van der Waals surface area contributed by atoms with Gasteiger partial charge in [-0.2, -0.15) is 0 Å². The Bertz CT molecular complexity index is 422. The molecule has 1 N–H and O–H groups in total. The van der Waals surface area contributed by atoms with Gasteiger partial charge in [0.2, 0.25) is 0 Å². The van der Waals surface area contributed by atoms with Crippen LogP contribution >= 0.6 is 48.0 Å². The molecule has 1 aromatic carbocycles. The van der Waals surface area contributed by atoms with Gasteiger partial charge in [0.05, 0.1) is 0 Å². The zero-order valence-corrected chi connectivity index (χ0v) is 15.6.